The molecule has 2 aromatic carbocycles. The average molecular weight is 450 g/mol. The second-order valence-corrected chi connectivity index (χ2v) is 8.36. The molecular formula is C26H28ClN3O2. The molecule has 0 radical (unpaired) electrons. The van der Waals surface area contributed by atoms with Crippen molar-refractivity contribution in [2.45, 2.75) is 18.9 Å². The number of piperidine rings is 1. The summed E-state index contributed by atoms with van der Waals surface area (Å²) in [6.07, 6.45) is 3.45. The fourth-order valence-corrected chi connectivity index (χ4v) is 4.27. The highest BCUT2D eigenvalue weighted by Crippen LogP contribution is 2.31. The van der Waals surface area contributed by atoms with Crippen molar-refractivity contribution in [3.63, 3.8) is 0 Å². The number of hydrogen-bond acceptors (Lipinski definition) is 4. The van der Waals surface area contributed by atoms with Crippen LogP contribution in [0.1, 0.15) is 30.1 Å². The molecule has 4 rings (SSSR count). The van der Waals surface area contributed by atoms with Crippen LogP contribution < -0.4 is 10.1 Å². The highest BCUT2D eigenvalue weighted by atomic mass is 35.5. The molecule has 1 aliphatic heterocycles. The summed E-state index contributed by atoms with van der Waals surface area (Å²) in [5, 5.41) is 4.01. The van der Waals surface area contributed by atoms with Gasteiger partial charge in [-0.2, -0.15) is 0 Å². The van der Waals surface area contributed by atoms with E-state index < -0.39 is 0 Å². The molecule has 0 aliphatic carbocycles. The molecule has 6 heteroatoms. The van der Waals surface area contributed by atoms with Gasteiger partial charge in [-0.1, -0.05) is 48.0 Å². The molecule has 0 bridgehead atoms. The van der Waals surface area contributed by atoms with Crippen molar-refractivity contribution in [2.75, 3.05) is 26.2 Å². The van der Waals surface area contributed by atoms with Crippen LogP contribution in [0.4, 0.5) is 0 Å². The summed E-state index contributed by atoms with van der Waals surface area (Å²) in [6.45, 7) is 2.58. The van der Waals surface area contributed by atoms with E-state index in [1.807, 2.05) is 77.7 Å². The first-order valence-electron chi connectivity index (χ1n) is 11.1. The zero-order chi connectivity index (χ0) is 22.2. The van der Waals surface area contributed by atoms with Gasteiger partial charge in [0.1, 0.15) is 12.4 Å². The van der Waals surface area contributed by atoms with E-state index in [0.717, 1.165) is 42.9 Å². The minimum absolute atomic E-state index is 0.00788. The van der Waals surface area contributed by atoms with Crippen LogP contribution in [0.3, 0.4) is 0 Å². The lowest BCUT2D eigenvalue weighted by molar-refractivity contribution is -0.138. The van der Waals surface area contributed by atoms with E-state index in [0.29, 0.717) is 18.2 Å². The third-order valence-corrected chi connectivity index (χ3v) is 6.03. The van der Waals surface area contributed by atoms with Gasteiger partial charge in [0.05, 0.1) is 18.3 Å². The topological polar surface area (TPSA) is 54.5 Å². The number of carbonyl (C=O) groups is 1. The van der Waals surface area contributed by atoms with Gasteiger partial charge in [0.2, 0.25) is 5.91 Å². The van der Waals surface area contributed by atoms with Crippen molar-refractivity contribution in [3.8, 4) is 5.75 Å². The Labute approximate surface area is 194 Å². The molecule has 166 valence electrons. The number of nitrogens with one attached hydrogen (secondary N) is 1. The largest absolute Gasteiger partial charge is 0.492 e. The maximum absolute atomic E-state index is 13.8. The zero-order valence-electron chi connectivity index (χ0n) is 18.0. The summed E-state index contributed by atoms with van der Waals surface area (Å²) in [5.74, 6) is 0.933. The lowest BCUT2D eigenvalue weighted by Crippen LogP contribution is -2.45. The van der Waals surface area contributed by atoms with E-state index in [1.54, 1.807) is 6.20 Å². The van der Waals surface area contributed by atoms with Crippen molar-refractivity contribution in [1.29, 1.82) is 0 Å². The van der Waals surface area contributed by atoms with Crippen LogP contribution in [0.2, 0.25) is 5.02 Å². The van der Waals surface area contributed by atoms with E-state index >= 15 is 0 Å². The molecule has 1 amide bonds. The van der Waals surface area contributed by atoms with Crippen LogP contribution in [0.5, 0.6) is 5.75 Å². The van der Waals surface area contributed by atoms with Crippen molar-refractivity contribution in [1.82, 2.24) is 15.2 Å². The highest BCUT2D eigenvalue weighted by Gasteiger charge is 2.33. The number of halogens is 1. The van der Waals surface area contributed by atoms with Crippen LogP contribution in [0, 0.1) is 5.92 Å². The normalized spacial score (nSPS) is 15.2. The van der Waals surface area contributed by atoms with E-state index in [1.165, 1.54) is 0 Å². The van der Waals surface area contributed by atoms with Gasteiger partial charge < -0.3 is 15.0 Å². The number of pyridine rings is 1. The second-order valence-electron chi connectivity index (χ2n) is 7.93. The Kier molecular flexibility index (Phi) is 7.75. The SMILES string of the molecule is O=C(C1CCNCC1)N(CCOc1ccccc1)[C@H](c1ccc(Cl)cc1)c1ccccn1. The molecule has 3 aromatic rings. The number of nitrogens with zero attached hydrogens (tertiary/aromatic N) is 2. The number of ether oxygens (including phenoxy) is 1. The Bertz CT molecular complexity index is 977. The van der Waals surface area contributed by atoms with Crippen LogP contribution in [0.15, 0.2) is 79.0 Å². The number of carbonyl (C=O) groups excluding carboxylic acids is 1. The summed E-state index contributed by atoms with van der Waals surface area (Å²) in [6, 6.07) is 22.9. The lowest BCUT2D eigenvalue weighted by atomic mass is 9.93. The Hall–Kier alpha value is -2.89. The molecule has 2 heterocycles. The average Bonchev–Trinajstić information content (AvgIpc) is 2.86. The zero-order valence-corrected chi connectivity index (χ0v) is 18.7. The molecule has 0 saturated carbocycles. The summed E-state index contributed by atoms with van der Waals surface area (Å²) in [5.41, 5.74) is 1.81. The monoisotopic (exact) mass is 449 g/mol. The van der Waals surface area contributed by atoms with E-state index in [4.69, 9.17) is 16.3 Å². The van der Waals surface area contributed by atoms with Gasteiger partial charge in [0, 0.05) is 17.1 Å². The van der Waals surface area contributed by atoms with Gasteiger partial charge in [0.15, 0.2) is 0 Å². The van der Waals surface area contributed by atoms with E-state index in [-0.39, 0.29) is 17.9 Å². The van der Waals surface area contributed by atoms with Gasteiger partial charge in [-0.15, -0.1) is 0 Å². The molecule has 32 heavy (non-hydrogen) atoms. The maximum Gasteiger partial charge on any atom is 0.226 e. The Morgan fingerprint density at radius 2 is 1.75 bits per heavy atom. The predicted octanol–water partition coefficient (Wildman–Crippen LogP) is 4.73. The van der Waals surface area contributed by atoms with Gasteiger partial charge >= 0.3 is 0 Å². The fourth-order valence-electron chi connectivity index (χ4n) is 4.14. The van der Waals surface area contributed by atoms with E-state index in [9.17, 15) is 4.79 Å². The second kappa shape index (κ2) is 11.1. The number of amides is 1. The van der Waals surface area contributed by atoms with Crippen molar-refractivity contribution >= 4 is 17.5 Å². The molecule has 1 aliphatic rings. The quantitative estimate of drug-likeness (QED) is 0.540. The van der Waals surface area contributed by atoms with Gasteiger partial charge in [0.25, 0.3) is 0 Å². The first-order valence-corrected chi connectivity index (χ1v) is 11.5. The number of para-hydroxylation sites is 1. The third-order valence-electron chi connectivity index (χ3n) is 5.78. The smallest absolute Gasteiger partial charge is 0.226 e. The van der Waals surface area contributed by atoms with Crippen molar-refractivity contribution in [3.05, 3.63) is 95.3 Å². The summed E-state index contributed by atoms with van der Waals surface area (Å²) < 4.78 is 5.97. The molecule has 1 aromatic heterocycles. The van der Waals surface area contributed by atoms with Crippen molar-refractivity contribution < 1.29 is 9.53 Å². The van der Waals surface area contributed by atoms with Crippen LogP contribution in [-0.2, 0) is 4.79 Å². The summed E-state index contributed by atoms with van der Waals surface area (Å²) in [7, 11) is 0. The highest BCUT2D eigenvalue weighted by molar-refractivity contribution is 6.30. The van der Waals surface area contributed by atoms with Gasteiger partial charge in [-0.25, -0.2) is 0 Å². The predicted molar refractivity (Wildman–Crippen MR) is 127 cm³/mol. The number of benzene rings is 2. The number of aromatic nitrogens is 1. The van der Waals surface area contributed by atoms with Crippen molar-refractivity contribution in [2.24, 2.45) is 5.92 Å². The van der Waals surface area contributed by atoms with Gasteiger partial charge in [-0.05, 0) is 67.9 Å². The Balaban J connectivity index is 1.64. The molecular weight excluding hydrogens is 422 g/mol. The first kappa shape index (κ1) is 22.3. The molecule has 1 saturated heterocycles. The number of hydrogen-bond donors (Lipinski definition) is 1. The molecule has 1 N–H and O–H groups in total. The molecule has 0 spiro atoms. The summed E-state index contributed by atoms with van der Waals surface area (Å²) >= 11 is 6.15. The van der Waals surface area contributed by atoms with Crippen LogP contribution in [-0.4, -0.2) is 42.0 Å². The summed E-state index contributed by atoms with van der Waals surface area (Å²) in [4.78, 5) is 20.3. The number of rotatable bonds is 8. The van der Waals surface area contributed by atoms with Gasteiger partial charge in [-0.3, -0.25) is 9.78 Å². The van der Waals surface area contributed by atoms with Crippen LogP contribution >= 0.6 is 11.6 Å². The Morgan fingerprint density at radius 3 is 2.44 bits per heavy atom. The third kappa shape index (κ3) is 5.67. The Morgan fingerprint density at radius 1 is 1.03 bits per heavy atom. The van der Waals surface area contributed by atoms with E-state index in [2.05, 4.69) is 10.3 Å². The molecule has 1 fully saturated rings. The molecule has 5 nitrogen and oxygen atoms in total. The van der Waals surface area contributed by atoms with Crippen LogP contribution in [0.25, 0.3) is 0 Å². The maximum atomic E-state index is 13.8. The molecule has 0 unspecified atom stereocenters. The fraction of sp³-hybridized carbons (Fsp3) is 0.308. The standard InChI is InChI=1S/C26H28ClN3O2/c27-22-11-9-20(10-12-22)25(24-8-4-5-15-29-24)30(26(31)21-13-16-28-17-14-21)18-19-32-23-6-2-1-3-7-23/h1-12,15,21,25,28H,13-14,16-19H2/t25-/m1/s1. The molecule has 1 atom stereocenters. The minimum Gasteiger partial charge on any atom is -0.492 e. The first-order chi connectivity index (χ1) is 15.7. The minimum atomic E-state index is -0.310. The lowest BCUT2D eigenvalue weighted by Gasteiger charge is -2.35.